The SMILES string of the molecule is CN=C(NCC1CCN(S(C)(=O)=O)CC1)NCC1(c2ccccc2)CCC1. The van der Waals surface area contributed by atoms with Gasteiger partial charge < -0.3 is 10.6 Å². The second-order valence-electron chi connectivity index (χ2n) is 7.91. The van der Waals surface area contributed by atoms with Crippen LogP contribution in [-0.4, -0.2) is 58.2 Å². The topological polar surface area (TPSA) is 73.8 Å². The van der Waals surface area contributed by atoms with E-state index in [0.29, 0.717) is 19.0 Å². The van der Waals surface area contributed by atoms with Gasteiger partial charge in [-0.15, -0.1) is 0 Å². The van der Waals surface area contributed by atoms with E-state index in [9.17, 15) is 8.42 Å². The average molecular weight is 393 g/mol. The van der Waals surface area contributed by atoms with Crippen LogP contribution in [0.15, 0.2) is 35.3 Å². The lowest BCUT2D eigenvalue weighted by Gasteiger charge is -2.43. The van der Waals surface area contributed by atoms with Crippen molar-refractivity contribution in [1.82, 2.24) is 14.9 Å². The molecule has 150 valence electrons. The molecular formula is C20H32N4O2S. The van der Waals surface area contributed by atoms with Crippen LogP contribution in [-0.2, 0) is 15.4 Å². The molecule has 6 nitrogen and oxygen atoms in total. The van der Waals surface area contributed by atoms with Gasteiger partial charge in [0.1, 0.15) is 0 Å². The van der Waals surface area contributed by atoms with Gasteiger partial charge in [-0.3, -0.25) is 4.99 Å². The molecule has 2 fully saturated rings. The first-order valence-corrected chi connectivity index (χ1v) is 11.7. The summed E-state index contributed by atoms with van der Waals surface area (Å²) in [5, 5.41) is 6.95. The molecule has 0 unspecified atom stereocenters. The largest absolute Gasteiger partial charge is 0.356 e. The maximum absolute atomic E-state index is 11.6. The van der Waals surface area contributed by atoms with Gasteiger partial charge in [0.05, 0.1) is 6.26 Å². The Hall–Kier alpha value is -1.60. The van der Waals surface area contributed by atoms with E-state index in [-0.39, 0.29) is 5.41 Å². The summed E-state index contributed by atoms with van der Waals surface area (Å²) in [6.45, 7) is 2.96. The van der Waals surface area contributed by atoms with E-state index in [2.05, 4.69) is 46.0 Å². The summed E-state index contributed by atoms with van der Waals surface area (Å²) in [6, 6.07) is 10.8. The van der Waals surface area contributed by atoms with Crippen molar-refractivity contribution in [1.29, 1.82) is 0 Å². The lowest BCUT2D eigenvalue weighted by atomic mass is 9.64. The van der Waals surface area contributed by atoms with Crippen molar-refractivity contribution in [3.63, 3.8) is 0 Å². The molecule has 0 radical (unpaired) electrons. The van der Waals surface area contributed by atoms with Crippen LogP contribution < -0.4 is 10.6 Å². The number of benzene rings is 1. The number of piperidine rings is 1. The van der Waals surface area contributed by atoms with Crippen LogP contribution in [0.5, 0.6) is 0 Å². The Morgan fingerprint density at radius 3 is 2.37 bits per heavy atom. The fourth-order valence-electron chi connectivity index (χ4n) is 4.12. The summed E-state index contributed by atoms with van der Waals surface area (Å²) in [4.78, 5) is 4.37. The van der Waals surface area contributed by atoms with Crippen molar-refractivity contribution in [2.45, 2.75) is 37.5 Å². The first-order valence-electron chi connectivity index (χ1n) is 9.88. The first kappa shape index (κ1) is 20.1. The van der Waals surface area contributed by atoms with Crippen molar-refractivity contribution < 1.29 is 8.42 Å². The lowest BCUT2D eigenvalue weighted by molar-refractivity contribution is 0.243. The highest BCUT2D eigenvalue weighted by atomic mass is 32.2. The average Bonchev–Trinajstić information content (AvgIpc) is 2.64. The molecule has 0 amide bonds. The quantitative estimate of drug-likeness (QED) is 0.573. The molecule has 1 aliphatic carbocycles. The Kier molecular flexibility index (Phi) is 6.42. The van der Waals surface area contributed by atoms with E-state index < -0.39 is 10.0 Å². The van der Waals surface area contributed by atoms with Crippen LogP contribution >= 0.6 is 0 Å². The highest BCUT2D eigenvalue weighted by Crippen LogP contribution is 2.43. The molecule has 1 aliphatic heterocycles. The minimum Gasteiger partial charge on any atom is -0.356 e. The lowest BCUT2D eigenvalue weighted by Crippen LogP contribution is -2.50. The summed E-state index contributed by atoms with van der Waals surface area (Å²) in [5.74, 6) is 1.32. The Morgan fingerprint density at radius 1 is 1.19 bits per heavy atom. The van der Waals surface area contributed by atoms with Gasteiger partial charge in [-0.2, -0.15) is 0 Å². The van der Waals surface area contributed by atoms with Crippen LogP contribution in [0.2, 0.25) is 0 Å². The zero-order valence-corrected chi connectivity index (χ0v) is 17.3. The molecular weight excluding hydrogens is 360 g/mol. The Labute approximate surface area is 163 Å². The molecule has 2 aliphatic rings. The van der Waals surface area contributed by atoms with Crippen molar-refractivity contribution in [3.8, 4) is 0 Å². The maximum Gasteiger partial charge on any atom is 0.211 e. The van der Waals surface area contributed by atoms with E-state index in [1.165, 1.54) is 31.1 Å². The van der Waals surface area contributed by atoms with Crippen LogP contribution in [0.4, 0.5) is 0 Å². The number of nitrogens with zero attached hydrogens (tertiary/aromatic N) is 2. The van der Waals surface area contributed by atoms with Gasteiger partial charge in [-0.05, 0) is 37.2 Å². The van der Waals surface area contributed by atoms with Gasteiger partial charge >= 0.3 is 0 Å². The molecule has 2 N–H and O–H groups in total. The van der Waals surface area contributed by atoms with E-state index in [4.69, 9.17) is 0 Å². The van der Waals surface area contributed by atoms with E-state index in [1.54, 1.807) is 11.4 Å². The molecule has 1 aromatic carbocycles. The van der Waals surface area contributed by atoms with Gasteiger partial charge in [0.2, 0.25) is 10.0 Å². The highest BCUT2D eigenvalue weighted by molar-refractivity contribution is 7.88. The summed E-state index contributed by atoms with van der Waals surface area (Å²) in [5.41, 5.74) is 1.63. The Morgan fingerprint density at radius 2 is 1.85 bits per heavy atom. The minimum absolute atomic E-state index is 0.222. The summed E-state index contributed by atoms with van der Waals surface area (Å²) in [6.07, 6.45) is 6.79. The number of sulfonamides is 1. The standard InChI is InChI=1S/C20H32N4O2S/c1-21-19(22-15-17-9-13-24(14-10-17)27(2,25)26)23-16-20(11-6-12-20)18-7-4-3-5-8-18/h3-5,7-8,17H,6,9-16H2,1-2H3,(H2,21,22,23). The second-order valence-corrected chi connectivity index (χ2v) is 9.89. The molecule has 1 aromatic rings. The van der Waals surface area contributed by atoms with Crippen LogP contribution in [0, 0.1) is 5.92 Å². The number of rotatable bonds is 6. The van der Waals surface area contributed by atoms with Gasteiger partial charge in [0.25, 0.3) is 0 Å². The van der Waals surface area contributed by atoms with Crippen LogP contribution in [0.25, 0.3) is 0 Å². The molecule has 3 rings (SSSR count). The van der Waals surface area contributed by atoms with Gasteiger partial charge in [0, 0.05) is 38.6 Å². The van der Waals surface area contributed by atoms with Crippen LogP contribution in [0.1, 0.15) is 37.7 Å². The van der Waals surface area contributed by atoms with Crippen molar-refractivity contribution in [2.24, 2.45) is 10.9 Å². The third-order valence-corrected chi connectivity index (χ3v) is 7.42. The number of nitrogens with one attached hydrogen (secondary N) is 2. The van der Waals surface area contributed by atoms with Gasteiger partial charge in [-0.25, -0.2) is 12.7 Å². The smallest absolute Gasteiger partial charge is 0.211 e. The van der Waals surface area contributed by atoms with Crippen molar-refractivity contribution >= 4 is 16.0 Å². The predicted molar refractivity (Wildman–Crippen MR) is 110 cm³/mol. The number of guanidine groups is 1. The zero-order chi connectivity index (χ0) is 19.3. The van der Waals surface area contributed by atoms with Crippen molar-refractivity contribution in [2.75, 3.05) is 39.5 Å². The first-order chi connectivity index (χ1) is 12.9. The molecule has 1 saturated heterocycles. The predicted octanol–water partition coefficient (Wildman–Crippen LogP) is 1.94. The Balaban J connectivity index is 1.46. The molecule has 0 spiro atoms. The van der Waals surface area contributed by atoms with Gasteiger partial charge in [-0.1, -0.05) is 36.8 Å². The van der Waals surface area contributed by atoms with E-state index >= 15 is 0 Å². The molecule has 0 aromatic heterocycles. The van der Waals surface area contributed by atoms with Crippen molar-refractivity contribution in [3.05, 3.63) is 35.9 Å². The molecule has 0 bridgehead atoms. The van der Waals surface area contributed by atoms with Gasteiger partial charge in [0.15, 0.2) is 5.96 Å². The number of hydrogen-bond acceptors (Lipinski definition) is 3. The number of hydrogen-bond donors (Lipinski definition) is 2. The molecule has 1 heterocycles. The third kappa shape index (κ3) is 5.02. The van der Waals surface area contributed by atoms with E-state index in [0.717, 1.165) is 31.9 Å². The third-order valence-electron chi connectivity index (χ3n) is 6.12. The Bertz CT molecular complexity index is 737. The number of aliphatic imine (C=N–C) groups is 1. The fourth-order valence-corrected chi connectivity index (χ4v) is 5.00. The fraction of sp³-hybridized carbons (Fsp3) is 0.650. The summed E-state index contributed by atoms with van der Waals surface area (Å²) >= 11 is 0. The summed E-state index contributed by atoms with van der Waals surface area (Å²) in [7, 11) is -1.25. The molecule has 1 saturated carbocycles. The van der Waals surface area contributed by atoms with Crippen LogP contribution in [0.3, 0.4) is 0 Å². The summed E-state index contributed by atoms with van der Waals surface area (Å²) < 4.78 is 24.8. The molecule has 27 heavy (non-hydrogen) atoms. The molecule has 0 atom stereocenters. The molecule has 7 heteroatoms. The zero-order valence-electron chi connectivity index (χ0n) is 16.4. The highest BCUT2D eigenvalue weighted by Gasteiger charge is 2.38. The normalized spacial score (nSPS) is 21.5. The van der Waals surface area contributed by atoms with E-state index in [1.807, 2.05) is 0 Å². The monoisotopic (exact) mass is 392 g/mol. The second kappa shape index (κ2) is 8.61. The maximum atomic E-state index is 11.6. The minimum atomic E-state index is -3.06.